The Labute approximate surface area is 145 Å². The number of aliphatic hydroxyl groups excluding tert-OH is 1. The molecule has 0 unspecified atom stereocenters. The van der Waals surface area contributed by atoms with Crippen LogP contribution in [0.25, 0.3) is 6.08 Å². The van der Waals surface area contributed by atoms with E-state index < -0.39 is 5.97 Å². The lowest BCUT2D eigenvalue weighted by molar-refractivity contribution is -0.134. The number of nitrogens with two attached hydrogens (primary N) is 1. The number of carboxylic acid groups (broad SMARTS) is 1. The molecule has 1 fully saturated rings. The van der Waals surface area contributed by atoms with Crippen molar-refractivity contribution in [1.29, 1.82) is 0 Å². The van der Waals surface area contributed by atoms with Crippen molar-refractivity contribution < 1.29 is 15.0 Å². The van der Waals surface area contributed by atoms with Crippen molar-refractivity contribution in [2.75, 3.05) is 13.2 Å². The SMILES string of the molecule is CC(=O)O.NCC1CCC(=Cc2ccc(CCCCO)cc2)CC1. The fraction of sp³-hybridized carbons (Fsp3) is 0.550. The summed E-state index contributed by atoms with van der Waals surface area (Å²) in [4.78, 5) is 9.00. The summed E-state index contributed by atoms with van der Waals surface area (Å²) < 4.78 is 0. The molecule has 4 heteroatoms. The van der Waals surface area contributed by atoms with Gasteiger partial charge in [-0.3, -0.25) is 4.79 Å². The number of allylic oxidation sites excluding steroid dienone is 1. The average Bonchev–Trinajstić information content (AvgIpc) is 2.57. The number of hydrogen-bond acceptors (Lipinski definition) is 3. The minimum Gasteiger partial charge on any atom is -0.481 e. The number of hydrogen-bond donors (Lipinski definition) is 3. The highest BCUT2D eigenvalue weighted by atomic mass is 16.4. The molecule has 0 aromatic heterocycles. The predicted octanol–water partition coefficient (Wildman–Crippen LogP) is 3.62. The highest BCUT2D eigenvalue weighted by molar-refractivity contribution is 5.63. The first-order valence-corrected chi connectivity index (χ1v) is 8.84. The van der Waals surface area contributed by atoms with Crippen molar-refractivity contribution in [2.24, 2.45) is 11.7 Å². The van der Waals surface area contributed by atoms with Crippen LogP contribution in [0.2, 0.25) is 0 Å². The van der Waals surface area contributed by atoms with Gasteiger partial charge in [-0.05, 0) is 68.5 Å². The Bertz CT molecular complexity index is 494. The number of aryl methyl sites for hydroxylation is 1. The van der Waals surface area contributed by atoms with Crippen molar-refractivity contribution in [3.63, 3.8) is 0 Å². The normalized spacial score (nSPS) is 17.0. The van der Waals surface area contributed by atoms with Gasteiger partial charge in [0.2, 0.25) is 0 Å². The first kappa shape index (κ1) is 20.4. The van der Waals surface area contributed by atoms with Crippen LogP contribution in [0.3, 0.4) is 0 Å². The van der Waals surface area contributed by atoms with E-state index in [1.165, 1.54) is 36.8 Å². The van der Waals surface area contributed by atoms with Gasteiger partial charge < -0.3 is 15.9 Å². The molecule has 0 amide bonds. The predicted molar refractivity (Wildman–Crippen MR) is 98.8 cm³/mol. The van der Waals surface area contributed by atoms with E-state index in [9.17, 15) is 0 Å². The van der Waals surface area contributed by atoms with E-state index in [0.29, 0.717) is 6.61 Å². The van der Waals surface area contributed by atoms with Gasteiger partial charge in [-0.15, -0.1) is 0 Å². The third-order valence-electron chi connectivity index (χ3n) is 4.30. The topological polar surface area (TPSA) is 83.5 Å². The molecule has 1 saturated carbocycles. The summed E-state index contributed by atoms with van der Waals surface area (Å²) in [5, 5.41) is 16.2. The van der Waals surface area contributed by atoms with Gasteiger partial charge in [0.05, 0.1) is 0 Å². The van der Waals surface area contributed by atoms with Crippen LogP contribution in [0, 0.1) is 5.92 Å². The minimum absolute atomic E-state index is 0.300. The van der Waals surface area contributed by atoms with Gasteiger partial charge in [-0.25, -0.2) is 0 Å². The smallest absolute Gasteiger partial charge is 0.300 e. The standard InChI is InChI=1S/C18H27NO.C2H4O2/c19-14-18-10-8-17(9-11-18)13-16-6-4-15(5-7-16)3-1-2-12-20;1-2(3)4/h4-7,13,18,20H,1-3,8-12,14,19H2;1H3,(H,3,4). The molecule has 1 aliphatic rings. The van der Waals surface area contributed by atoms with E-state index in [1.54, 1.807) is 5.57 Å². The van der Waals surface area contributed by atoms with Gasteiger partial charge in [0, 0.05) is 13.5 Å². The molecule has 1 aromatic rings. The van der Waals surface area contributed by atoms with Crippen molar-refractivity contribution in [2.45, 2.75) is 51.9 Å². The fourth-order valence-electron chi connectivity index (χ4n) is 2.89. The van der Waals surface area contributed by atoms with Crippen LogP contribution in [-0.4, -0.2) is 29.3 Å². The van der Waals surface area contributed by atoms with Gasteiger partial charge >= 0.3 is 0 Å². The highest BCUT2D eigenvalue weighted by Crippen LogP contribution is 2.29. The Morgan fingerprint density at radius 3 is 2.29 bits per heavy atom. The molecule has 0 aliphatic heterocycles. The van der Waals surface area contributed by atoms with Gasteiger partial charge in [-0.2, -0.15) is 0 Å². The minimum atomic E-state index is -0.833. The van der Waals surface area contributed by atoms with Crippen molar-refractivity contribution in [1.82, 2.24) is 0 Å². The lowest BCUT2D eigenvalue weighted by Crippen LogP contribution is -2.17. The molecule has 0 bridgehead atoms. The number of aliphatic carboxylic acids is 1. The zero-order valence-corrected chi connectivity index (χ0v) is 14.7. The molecule has 4 nitrogen and oxygen atoms in total. The van der Waals surface area contributed by atoms with Crippen LogP contribution in [0.4, 0.5) is 0 Å². The van der Waals surface area contributed by atoms with Gasteiger partial charge in [0.25, 0.3) is 5.97 Å². The molecular formula is C20H31NO3. The number of carboxylic acids is 1. The van der Waals surface area contributed by atoms with Crippen molar-refractivity contribution >= 4 is 12.0 Å². The maximum Gasteiger partial charge on any atom is 0.300 e. The summed E-state index contributed by atoms with van der Waals surface area (Å²) in [5.74, 6) is -0.0962. The molecule has 0 atom stereocenters. The second kappa shape index (κ2) is 11.8. The first-order chi connectivity index (χ1) is 11.5. The quantitative estimate of drug-likeness (QED) is 0.694. The van der Waals surface area contributed by atoms with E-state index in [2.05, 4.69) is 30.3 Å². The van der Waals surface area contributed by atoms with E-state index in [0.717, 1.165) is 38.6 Å². The molecule has 0 heterocycles. The van der Waals surface area contributed by atoms with Crippen molar-refractivity contribution in [3.05, 3.63) is 41.0 Å². The Kier molecular flexibility index (Phi) is 10.0. The van der Waals surface area contributed by atoms with E-state index in [1.807, 2.05) is 0 Å². The van der Waals surface area contributed by atoms with Gasteiger partial charge in [-0.1, -0.05) is 35.9 Å². The van der Waals surface area contributed by atoms with E-state index in [-0.39, 0.29) is 0 Å². The molecule has 24 heavy (non-hydrogen) atoms. The summed E-state index contributed by atoms with van der Waals surface area (Å²) in [6.45, 7) is 2.23. The van der Waals surface area contributed by atoms with Crippen LogP contribution in [-0.2, 0) is 11.2 Å². The molecule has 0 saturated heterocycles. The van der Waals surface area contributed by atoms with Crippen LogP contribution in [0.15, 0.2) is 29.8 Å². The first-order valence-electron chi connectivity index (χ1n) is 8.84. The van der Waals surface area contributed by atoms with Crippen molar-refractivity contribution in [3.8, 4) is 0 Å². The van der Waals surface area contributed by atoms with E-state index >= 15 is 0 Å². The van der Waals surface area contributed by atoms with Crippen LogP contribution < -0.4 is 5.73 Å². The van der Waals surface area contributed by atoms with Gasteiger partial charge in [0.1, 0.15) is 0 Å². The molecular weight excluding hydrogens is 302 g/mol. The molecule has 0 radical (unpaired) electrons. The second-order valence-electron chi connectivity index (χ2n) is 6.42. The molecule has 2 rings (SSSR count). The van der Waals surface area contributed by atoms with Gasteiger partial charge in [0.15, 0.2) is 0 Å². The molecule has 1 aromatic carbocycles. The third kappa shape index (κ3) is 8.85. The summed E-state index contributed by atoms with van der Waals surface area (Å²) in [5.41, 5.74) is 9.99. The largest absolute Gasteiger partial charge is 0.481 e. The lowest BCUT2D eigenvalue weighted by Gasteiger charge is -2.22. The van der Waals surface area contributed by atoms with E-state index in [4.69, 9.17) is 20.7 Å². The molecule has 0 spiro atoms. The Morgan fingerprint density at radius 2 is 1.79 bits per heavy atom. The molecule has 134 valence electrons. The summed E-state index contributed by atoms with van der Waals surface area (Å²) in [6, 6.07) is 8.87. The number of carbonyl (C=O) groups is 1. The van der Waals surface area contributed by atoms with Crippen LogP contribution >= 0.6 is 0 Å². The third-order valence-corrected chi connectivity index (χ3v) is 4.30. The Hall–Kier alpha value is -1.65. The maximum absolute atomic E-state index is 9.00. The average molecular weight is 333 g/mol. The summed E-state index contributed by atoms with van der Waals surface area (Å²) >= 11 is 0. The fourth-order valence-corrected chi connectivity index (χ4v) is 2.89. The van der Waals surface area contributed by atoms with Crippen LogP contribution in [0.1, 0.15) is 56.6 Å². The number of rotatable bonds is 6. The summed E-state index contributed by atoms with van der Waals surface area (Å²) in [7, 11) is 0. The highest BCUT2D eigenvalue weighted by Gasteiger charge is 2.14. The Balaban J connectivity index is 0.000000648. The maximum atomic E-state index is 9.00. The second-order valence-corrected chi connectivity index (χ2v) is 6.42. The number of unbranched alkanes of at least 4 members (excludes halogenated alkanes) is 1. The lowest BCUT2D eigenvalue weighted by atomic mass is 9.85. The number of benzene rings is 1. The number of aliphatic hydroxyl groups is 1. The molecule has 4 N–H and O–H groups in total. The van der Waals surface area contributed by atoms with Crippen LogP contribution in [0.5, 0.6) is 0 Å². The summed E-state index contributed by atoms with van der Waals surface area (Å²) in [6.07, 6.45) is 10.3. The zero-order valence-electron chi connectivity index (χ0n) is 14.7. The Morgan fingerprint density at radius 1 is 1.21 bits per heavy atom. The monoisotopic (exact) mass is 333 g/mol. The zero-order chi connectivity index (χ0) is 17.8. The molecule has 1 aliphatic carbocycles.